The molecule has 22 heavy (non-hydrogen) atoms. The van der Waals surface area contributed by atoms with Crippen LogP contribution >= 0.6 is 0 Å². The van der Waals surface area contributed by atoms with Crippen molar-refractivity contribution in [2.75, 3.05) is 33.7 Å². The van der Waals surface area contributed by atoms with Crippen LogP contribution < -0.4 is 0 Å². The zero-order chi connectivity index (χ0) is 16.3. The lowest BCUT2D eigenvalue weighted by molar-refractivity contribution is -0.146. The van der Waals surface area contributed by atoms with Crippen LogP contribution in [0.25, 0.3) is 0 Å². The third-order valence-corrected chi connectivity index (χ3v) is 3.95. The van der Waals surface area contributed by atoms with Gasteiger partial charge in [-0.05, 0) is 6.07 Å². The van der Waals surface area contributed by atoms with Crippen LogP contribution in [0, 0.1) is 5.82 Å². The average Bonchev–Trinajstić information content (AvgIpc) is 2.48. The Morgan fingerprint density at radius 3 is 2.55 bits per heavy atom. The Kier molecular flexibility index (Phi) is 5.13. The fourth-order valence-corrected chi connectivity index (χ4v) is 2.74. The Hall–Kier alpha value is -1.95. The minimum absolute atomic E-state index is 0.103. The first-order chi connectivity index (χ1) is 10.4. The maximum absolute atomic E-state index is 13.8. The van der Waals surface area contributed by atoms with Gasteiger partial charge in [0.05, 0.1) is 0 Å². The van der Waals surface area contributed by atoms with Gasteiger partial charge in [0.25, 0.3) is 0 Å². The molecule has 1 heterocycles. The van der Waals surface area contributed by atoms with Gasteiger partial charge in [-0.25, -0.2) is 4.39 Å². The zero-order valence-corrected chi connectivity index (χ0v) is 13.3. The minimum Gasteiger partial charge on any atom is -0.347 e. The second-order valence-electron chi connectivity index (χ2n) is 5.79. The largest absolute Gasteiger partial charge is 0.347 e. The van der Waals surface area contributed by atoms with Gasteiger partial charge in [-0.2, -0.15) is 0 Å². The van der Waals surface area contributed by atoms with Gasteiger partial charge in [0, 0.05) is 52.8 Å². The molecule has 1 aromatic carbocycles. The van der Waals surface area contributed by atoms with Crippen molar-refractivity contribution in [1.82, 2.24) is 14.7 Å². The maximum atomic E-state index is 13.8. The van der Waals surface area contributed by atoms with Crippen molar-refractivity contribution in [3.05, 3.63) is 35.6 Å². The lowest BCUT2D eigenvalue weighted by atomic mass is 10.1. The molecule has 1 atom stereocenters. The predicted molar refractivity (Wildman–Crippen MR) is 81.5 cm³/mol. The molecule has 2 amide bonds. The molecule has 0 aliphatic carbocycles. The molecule has 2 rings (SSSR count). The first-order valence-corrected chi connectivity index (χ1v) is 7.34. The van der Waals surface area contributed by atoms with Crippen LogP contribution in [0.1, 0.15) is 12.5 Å². The Balaban J connectivity index is 2.12. The van der Waals surface area contributed by atoms with Crippen molar-refractivity contribution in [1.29, 1.82) is 0 Å². The number of hydrogen-bond donors (Lipinski definition) is 0. The standard InChI is InChI=1S/C16H22FN3O2/c1-12(21)20-9-8-19(11-15(20)16(22)18(2)3)10-13-6-4-5-7-14(13)17/h4-7,15H,8-11H2,1-3H3/t15-/m0/s1. The molecule has 120 valence electrons. The average molecular weight is 307 g/mol. The summed E-state index contributed by atoms with van der Waals surface area (Å²) in [6.07, 6.45) is 0. The van der Waals surface area contributed by atoms with E-state index in [1.165, 1.54) is 17.9 Å². The highest BCUT2D eigenvalue weighted by Gasteiger charge is 2.34. The molecule has 1 aliphatic rings. The van der Waals surface area contributed by atoms with E-state index in [1.54, 1.807) is 37.2 Å². The number of halogens is 1. The quantitative estimate of drug-likeness (QED) is 0.835. The van der Waals surface area contributed by atoms with Crippen LogP contribution in [0.2, 0.25) is 0 Å². The fourth-order valence-electron chi connectivity index (χ4n) is 2.74. The molecule has 0 aromatic heterocycles. The van der Waals surface area contributed by atoms with Crippen LogP contribution in [0.4, 0.5) is 4.39 Å². The van der Waals surface area contributed by atoms with Gasteiger partial charge in [-0.3, -0.25) is 14.5 Å². The molecule has 1 fully saturated rings. The van der Waals surface area contributed by atoms with Gasteiger partial charge in [-0.1, -0.05) is 18.2 Å². The summed E-state index contributed by atoms with van der Waals surface area (Å²) in [6, 6.07) is 6.13. The van der Waals surface area contributed by atoms with Crippen molar-refractivity contribution in [2.45, 2.75) is 19.5 Å². The number of piperazine rings is 1. The van der Waals surface area contributed by atoms with E-state index in [4.69, 9.17) is 0 Å². The van der Waals surface area contributed by atoms with Crippen molar-refractivity contribution in [3.8, 4) is 0 Å². The molecule has 0 spiro atoms. The number of likely N-dealkylation sites (N-methyl/N-ethyl adjacent to an activating group) is 1. The van der Waals surface area contributed by atoms with E-state index >= 15 is 0 Å². The molecule has 0 saturated carbocycles. The van der Waals surface area contributed by atoms with E-state index in [9.17, 15) is 14.0 Å². The second kappa shape index (κ2) is 6.87. The van der Waals surface area contributed by atoms with E-state index in [1.807, 2.05) is 4.90 Å². The fraction of sp³-hybridized carbons (Fsp3) is 0.500. The normalized spacial score (nSPS) is 19.1. The van der Waals surface area contributed by atoms with Gasteiger partial charge >= 0.3 is 0 Å². The number of hydrogen-bond acceptors (Lipinski definition) is 3. The third kappa shape index (κ3) is 3.62. The molecule has 6 heteroatoms. The van der Waals surface area contributed by atoms with Crippen LogP contribution in [0.3, 0.4) is 0 Å². The van der Waals surface area contributed by atoms with Gasteiger partial charge in [0.15, 0.2) is 0 Å². The number of carbonyl (C=O) groups is 2. The summed E-state index contributed by atoms with van der Waals surface area (Å²) in [5, 5.41) is 0. The molecule has 1 aliphatic heterocycles. The van der Waals surface area contributed by atoms with E-state index < -0.39 is 6.04 Å². The highest BCUT2D eigenvalue weighted by Crippen LogP contribution is 2.16. The first-order valence-electron chi connectivity index (χ1n) is 7.34. The van der Waals surface area contributed by atoms with Crippen LogP contribution in [-0.2, 0) is 16.1 Å². The zero-order valence-electron chi connectivity index (χ0n) is 13.3. The highest BCUT2D eigenvalue weighted by molar-refractivity contribution is 5.87. The number of carbonyl (C=O) groups excluding carboxylic acids is 2. The smallest absolute Gasteiger partial charge is 0.246 e. The van der Waals surface area contributed by atoms with Crippen LogP contribution in [0.5, 0.6) is 0 Å². The first kappa shape index (κ1) is 16.4. The lowest BCUT2D eigenvalue weighted by Crippen LogP contribution is -2.59. The number of benzene rings is 1. The summed E-state index contributed by atoms with van der Waals surface area (Å²) < 4.78 is 13.8. The van der Waals surface area contributed by atoms with Gasteiger partial charge < -0.3 is 9.80 Å². The number of rotatable bonds is 3. The van der Waals surface area contributed by atoms with E-state index in [0.29, 0.717) is 31.7 Å². The van der Waals surface area contributed by atoms with E-state index in [-0.39, 0.29) is 17.6 Å². The summed E-state index contributed by atoms with van der Waals surface area (Å²) in [5.41, 5.74) is 0.606. The van der Waals surface area contributed by atoms with Crippen LogP contribution in [-0.4, -0.2) is 66.3 Å². The van der Waals surface area contributed by atoms with Gasteiger partial charge in [0.2, 0.25) is 11.8 Å². The molecule has 0 N–H and O–H groups in total. The summed E-state index contributed by atoms with van der Waals surface area (Å²) in [5.74, 6) is -0.453. The third-order valence-electron chi connectivity index (χ3n) is 3.95. The van der Waals surface area contributed by atoms with E-state index in [2.05, 4.69) is 0 Å². The summed E-state index contributed by atoms with van der Waals surface area (Å²) in [6.45, 7) is 3.45. The molecule has 0 radical (unpaired) electrons. The van der Waals surface area contributed by atoms with Crippen LogP contribution in [0.15, 0.2) is 24.3 Å². The molecular formula is C16H22FN3O2. The predicted octanol–water partition coefficient (Wildman–Crippen LogP) is 0.947. The van der Waals surface area contributed by atoms with Crippen molar-refractivity contribution >= 4 is 11.8 Å². The lowest BCUT2D eigenvalue weighted by Gasteiger charge is -2.41. The van der Waals surface area contributed by atoms with Crippen molar-refractivity contribution < 1.29 is 14.0 Å². The van der Waals surface area contributed by atoms with Gasteiger partial charge in [-0.15, -0.1) is 0 Å². The Labute approximate surface area is 130 Å². The maximum Gasteiger partial charge on any atom is 0.246 e. The van der Waals surface area contributed by atoms with Crippen molar-refractivity contribution in [3.63, 3.8) is 0 Å². The summed E-state index contributed by atoms with van der Waals surface area (Å²) in [7, 11) is 3.35. The van der Waals surface area contributed by atoms with E-state index in [0.717, 1.165) is 0 Å². The van der Waals surface area contributed by atoms with Crippen molar-refractivity contribution in [2.24, 2.45) is 0 Å². The number of amides is 2. The SMILES string of the molecule is CC(=O)N1CCN(Cc2ccccc2F)C[C@H]1C(=O)N(C)C. The van der Waals surface area contributed by atoms with Gasteiger partial charge in [0.1, 0.15) is 11.9 Å². The molecule has 5 nitrogen and oxygen atoms in total. The molecule has 0 unspecified atom stereocenters. The summed E-state index contributed by atoms with van der Waals surface area (Å²) >= 11 is 0. The summed E-state index contributed by atoms with van der Waals surface area (Å²) in [4.78, 5) is 29.1. The monoisotopic (exact) mass is 307 g/mol. The number of nitrogens with zero attached hydrogens (tertiary/aromatic N) is 3. The Morgan fingerprint density at radius 2 is 1.95 bits per heavy atom. The second-order valence-corrected chi connectivity index (χ2v) is 5.79. The Bertz CT molecular complexity index is 562. The highest BCUT2D eigenvalue weighted by atomic mass is 19.1. The molecule has 0 bridgehead atoms. The molecular weight excluding hydrogens is 285 g/mol. The Morgan fingerprint density at radius 1 is 1.27 bits per heavy atom. The molecule has 1 saturated heterocycles. The molecule has 1 aromatic rings. The topological polar surface area (TPSA) is 43.9 Å². The minimum atomic E-state index is -0.506.